The molecule has 0 saturated carbocycles. The summed E-state index contributed by atoms with van der Waals surface area (Å²) >= 11 is 0. The van der Waals surface area contributed by atoms with Gasteiger partial charge in [0.25, 0.3) is 0 Å². The minimum Gasteiger partial charge on any atom is -0.462 e. The summed E-state index contributed by atoms with van der Waals surface area (Å²) in [6, 6.07) is 18.7. The number of anilines is 2. The number of hydrogen-bond donors (Lipinski definition) is 0. The average Bonchev–Trinajstić information content (AvgIpc) is 2.84. The number of hydrogen-bond acceptors (Lipinski definition) is 6. The minimum atomic E-state index is -0.298. The lowest BCUT2D eigenvalue weighted by Crippen LogP contribution is -2.47. The van der Waals surface area contributed by atoms with E-state index >= 15 is 0 Å². The van der Waals surface area contributed by atoms with Gasteiger partial charge in [0.2, 0.25) is 0 Å². The van der Waals surface area contributed by atoms with Crippen LogP contribution < -0.4 is 9.80 Å². The summed E-state index contributed by atoms with van der Waals surface area (Å²) in [6.07, 6.45) is 1.66. The zero-order valence-electron chi connectivity index (χ0n) is 17.8. The van der Waals surface area contributed by atoms with Gasteiger partial charge < -0.3 is 14.5 Å². The number of fused-ring (bicyclic) bond motifs is 3. The van der Waals surface area contributed by atoms with Crippen molar-refractivity contribution in [1.29, 1.82) is 0 Å². The second-order valence-electron chi connectivity index (χ2n) is 7.91. The first kappa shape index (κ1) is 19.5. The highest BCUT2D eigenvalue weighted by atomic mass is 16.5. The molecule has 0 unspecified atom stereocenters. The lowest BCUT2D eigenvalue weighted by Gasteiger charge is -2.37. The van der Waals surface area contributed by atoms with Crippen LogP contribution in [0.1, 0.15) is 28.4 Å². The zero-order chi connectivity index (χ0) is 21.2. The minimum absolute atomic E-state index is 0.298. The number of carbonyl (C=O) groups is 1. The molecular weight excluding hydrogens is 388 g/mol. The zero-order valence-corrected chi connectivity index (χ0v) is 17.8. The third-order valence-corrected chi connectivity index (χ3v) is 6.15. The predicted octanol–water partition coefficient (Wildman–Crippen LogP) is 3.75. The molecular formula is C25H26N4O2. The lowest BCUT2D eigenvalue weighted by molar-refractivity contribution is 0.0525. The fourth-order valence-corrected chi connectivity index (χ4v) is 4.60. The van der Waals surface area contributed by atoms with Crippen molar-refractivity contribution in [1.82, 2.24) is 10.2 Å². The number of ether oxygens (including phenoxy) is 1. The van der Waals surface area contributed by atoms with Crippen molar-refractivity contribution in [3.8, 4) is 11.3 Å². The second kappa shape index (κ2) is 8.38. The maximum atomic E-state index is 13.1. The van der Waals surface area contributed by atoms with Gasteiger partial charge in [-0.1, -0.05) is 42.5 Å². The summed E-state index contributed by atoms with van der Waals surface area (Å²) in [5.74, 6) is 0.359. The van der Waals surface area contributed by atoms with Gasteiger partial charge in [0, 0.05) is 37.4 Å². The third-order valence-electron chi connectivity index (χ3n) is 6.15. The number of benzene rings is 2. The van der Waals surface area contributed by atoms with E-state index in [0.717, 1.165) is 55.8 Å². The van der Waals surface area contributed by atoms with Gasteiger partial charge in [-0.15, -0.1) is 10.2 Å². The van der Waals surface area contributed by atoms with Crippen LogP contribution in [0.5, 0.6) is 0 Å². The quantitative estimate of drug-likeness (QED) is 0.606. The number of para-hydroxylation sites is 1. The molecule has 1 saturated heterocycles. The first-order valence-electron chi connectivity index (χ1n) is 11.0. The Kier molecular flexibility index (Phi) is 5.28. The maximum Gasteiger partial charge on any atom is 0.342 e. The fourth-order valence-electron chi connectivity index (χ4n) is 4.60. The fraction of sp³-hybridized carbons (Fsp3) is 0.320. The van der Waals surface area contributed by atoms with Crippen molar-refractivity contribution >= 4 is 17.5 Å². The molecule has 1 fully saturated rings. The van der Waals surface area contributed by atoms with E-state index in [2.05, 4.69) is 56.4 Å². The molecule has 31 heavy (non-hydrogen) atoms. The van der Waals surface area contributed by atoms with Crippen LogP contribution in [0.3, 0.4) is 0 Å². The van der Waals surface area contributed by atoms with Gasteiger partial charge in [-0.05, 0) is 43.0 Å². The van der Waals surface area contributed by atoms with Crippen molar-refractivity contribution in [3.63, 3.8) is 0 Å². The molecule has 5 rings (SSSR count). The second-order valence-corrected chi connectivity index (χ2v) is 7.91. The first-order valence-corrected chi connectivity index (χ1v) is 11.0. The number of esters is 1. The first-order chi connectivity index (χ1) is 15.3. The maximum absolute atomic E-state index is 13.1. The molecule has 158 valence electrons. The van der Waals surface area contributed by atoms with E-state index in [1.807, 2.05) is 25.1 Å². The summed E-state index contributed by atoms with van der Waals surface area (Å²) in [7, 11) is 0. The highest BCUT2D eigenvalue weighted by Gasteiger charge is 2.31. The SMILES string of the molecule is CCOC(=O)c1c(N2CCN(c3ccccc3)CC2)nnc2c1CCc1ccccc1-2. The Morgan fingerprint density at radius 3 is 2.39 bits per heavy atom. The molecule has 0 radical (unpaired) electrons. The van der Waals surface area contributed by atoms with E-state index in [1.165, 1.54) is 11.3 Å². The summed E-state index contributed by atoms with van der Waals surface area (Å²) < 4.78 is 5.46. The van der Waals surface area contributed by atoms with Gasteiger partial charge in [-0.3, -0.25) is 0 Å². The molecule has 6 heteroatoms. The molecule has 6 nitrogen and oxygen atoms in total. The van der Waals surface area contributed by atoms with Crippen LogP contribution in [0.4, 0.5) is 11.5 Å². The molecule has 0 bridgehead atoms. The van der Waals surface area contributed by atoms with Crippen LogP contribution in [0, 0.1) is 0 Å². The molecule has 0 spiro atoms. The highest BCUT2D eigenvalue weighted by molar-refractivity contribution is 5.98. The number of carbonyl (C=O) groups excluding carboxylic acids is 1. The number of aromatic nitrogens is 2. The summed E-state index contributed by atoms with van der Waals surface area (Å²) in [5.41, 5.74) is 5.92. The van der Waals surface area contributed by atoms with Crippen LogP contribution >= 0.6 is 0 Å². The number of rotatable bonds is 4. The van der Waals surface area contributed by atoms with Crippen LogP contribution in [0.15, 0.2) is 54.6 Å². The van der Waals surface area contributed by atoms with Crippen LogP contribution in [-0.4, -0.2) is 49.0 Å². The van der Waals surface area contributed by atoms with Crippen LogP contribution in [0.2, 0.25) is 0 Å². The van der Waals surface area contributed by atoms with E-state index in [0.29, 0.717) is 18.0 Å². The lowest BCUT2D eigenvalue weighted by atomic mass is 9.87. The molecule has 1 aromatic heterocycles. The molecule has 2 aromatic carbocycles. The van der Waals surface area contributed by atoms with Crippen LogP contribution in [0.25, 0.3) is 11.3 Å². The molecule has 0 atom stereocenters. The Morgan fingerprint density at radius 1 is 0.903 bits per heavy atom. The molecule has 0 amide bonds. The Morgan fingerprint density at radius 2 is 1.61 bits per heavy atom. The van der Waals surface area contributed by atoms with Crippen molar-refractivity contribution in [2.24, 2.45) is 0 Å². The average molecular weight is 415 g/mol. The van der Waals surface area contributed by atoms with E-state index < -0.39 is 0 Å². The Labute approximate surface area is 182 Å². The number of aryl methyl sites for hydroxylation is 1. The number of piperazine rings is 1. The normalized spacial score (nSPS) is 15.3. The summed E-state index contributed by atoms with van der Waals surface area (Å²) in [5, 5.41) is 9.18. The van der Waals surface area contributed by atoms with Crippen molar-refractivity contribution in [3.05, 3.63) is 71.3 Å². The molecule has 3 aromatic rings. The third kappa shape index (κ3) is 3.63. The molecule has 2 heterocycles. The van der Waals surface area contributed by atoms with Gasteiger partial charge in [0.15, 0.2) is 5.82 Å². The highest BCUT2D eigenvalue weighted by Crippen LogP contribution is 2.36. The largest absolute Gasteiger partial charge is 0.462 e. The van der Waals surface area contributed by atoms with Crippen molar-refractivity contribution in [2.45, 2.75) is 19.8 Å². The predicted molar refractivity (Wildman–Crippen MR) is 122 cm³/mol. The van der Waals surface area contributed by atoms with E-state index in [1.54, 1.807) is 0 Å². The summed E-state index contributed by atoms with van der Waals surface area (Å²) in [4.78, 5) is 17.6. The van der Waals surface area contributed by atoms with Crippen molar-refractivity contribution in [2.75, 3.05) is 42.6 Å². The standard InChI is InChI=1S/C25H26N4O2/c1-2-31-25(30)22-21-13-12-18-8-6-7-11-20(18)23(21)26-27-24(22)29-16-14-28(15-17-29)19-9-4-3-5-10-19/h3-11H,2,12-17H2,1H3. The van der Waals surface area contributed by atoms with E-state index in [-0.39, 0.29) is 5.97 Å². The molecule has 1 aliphatic heterocycles. The monoisotopic (exact) mass is 414 g/mol. The van der Waals surface area contributed by atoms with E-state index in [4.69, 9.17) is 4.74 Å². The Hall–Kier alpha value is -3.41. The van der Waals surface area contributed by atoms with Gasteiger partial charge >= 0.3 is 5.97 Å². The molecule has 0 N–H and O–H groups in total. The summed E-state index contributed by atoms with van der Waals surface area (Å²) in [6.45, 7) is 5.48. The Bertz CT molecular complexity index is 1090. The molecule has 1 aliphatic carbocycles. The van der Waals surface area contributed by atoms with Gasteiger partial charge in [-0.2, -0.15) is 0 Å². The topological polar surface area (TPSA) is 58.6 Å². The van der Waals surface area contributed by atoms with Crippen molar-refractivity contribution < 1.29 is 9.53 Å². The Balaban J connectivity index is 1.49. The number of nitrogens with zero attached hydrogens (tertiary/aromatic N) is 4. The van der Waals surface area contributed by atoms with Crippen LogP contribution in [-0.2, 0) is 17.6 Å². The van der Waals surface area contributed by atoms with E-state index in [9.17, 15) is 4.79 Å². The molecule has 2 aliphatic rings. The van der Waals surface area contributed by atoms with Gasteiger partial charge in [0.1, 0.15) is 5.56 Å². The smallest absolute Gasteiger partial charge is 0.342 e. The van der Waals surface area contributed by atoms with Gasteiger partial charge in [-0.25, -0.2) is 4.79 Å². The van der Waals surface area contributed by atoms with Gasteiger partial charge in [0.05, 0.1) is 12.3 Å².